The quantitative estimate of drug-likeness (QED) is 0.140. The van der Waals surface area contributed by atoms with E-state index >= 15 is 0 Å². The highest BCUT2D eigenvalue weighted by atomic mass is 15.1. The van der Waals surface area contributed by atoms with Gasteiger partial charge in [0, 0.05) is 36.6 Å². The number of hydrogen-bond acceptors (Lipinski definition) is 2. The zero-order chi connectivity index (χ0) is 55.9. The van der Waals surface area contributed by atoms with Gasteiger partial charge in [-0.05, 0) is 141 Å². The van der Waals surface area contributed by atoms with Gasteiger partial charge in [-0.2, -0.15) is 0 Å². The van der Waals surface area contributed by atoms with E-state index in [1.807, 2.05) is 0 Å². The number of para-hydroxylation sites is 4. The van der Waals surface area contributed by atoms with Gasteiger partial charge in [0.1, 0.15) is 0 Å². The molecule has 14 aromatic carbocycles. The first-order valence-corrected chi connectivity index (χ1v) is 29.3. The molecule has 0 aromatic heterocycles. The van der Waals surface area contributed by atoms with Crippen LogP contribution in [0.5, 0.6) is 0 Å². The normalized spacial score (nSPS) is 13.7. The predicted octanol–water partition coefficient (Wildman–Crippen LogP) is 20.7. The highest BCUT2D eigenvalue weighted by Crippen LogP contribution is 2.60. The van der Waals surface area contributed by atoms with Crippen LogP contribution >= 0.6 is 0 Å². The lowest BCUT2D eigenvalue weighted by Crippen LogP contribution is -2.38. The van der Waals surface area contributed by atoms with E-state index in [4.69, 9.17) is 0 Å². The first-order chi connectivity index (χ1) is 41.5. The third-order valence-electron chi connectivity index (χ3n) is 18.6. The van der Waals surface area contributed by atoms with Crippen LogP contribution in [-0.2, 0) is 10.8 Å². The van der Waals surface area contributed by atoms with Gasteiger partial charge in [-0.15, -0.1) is 0 Å². The number of nitrogens with zero attached hydrogens (tertiary/aromatic N) is 2. The lowest BCUT2D eigenvalue weighted by Gasteiger charge is -2.46. The fourth-order valence-electron chi connectivity index (χ4n) is 15.1. The van der Waals surface area contributed by atoms with Gasteiger partial charge >= 0.3 is 0 Å². The monoisotopic (exact) mass is 1070 g/mol. The third-order valence-corrected chi connectivity index (χ3v) is 18.6. The molecule has 0 atom stereocenters. The van der Waals surface area contributed by atoms with E-state index in [1.54, 1.807) is 0 Å². The number of anilines is 4. The van der Waals surface area contributed by atoms with E-state index in [0.717, 1.165) is 0 Å². The minimum Gasteiger partial charge on any atom is -0.344 e. The van der Waals surface area contributed by atoms with E-state index in [-0.39, 0.29) is 0 Å². The first kappa shape index (κ1) is 49.3. The molecule has 0 radical (unpaired) electrons. The maximum Gasteiger partial charge on any atom is 0.0742 e. The average molecular weight is 1070 g/mol. The summed E-state index contributed by atoms with van der Waals surface area (Å²) in [6.07, 6.45) is 0. The summed E-state index contributed by atoms with van der Waals surface area (Å²) < 4.78 is 0. The van der Waals surface area contributed by atoms with Gasteiger partial charge in [0.2, 0.25) is 0 Å². The Morgan fingerprint density at radius 1 is 0.238 bits per heavy atom. The van der Waals surface area contributed by atoms with Gasteiger partial charge < -0.3 is 9.80 Å². The van der Waals surface area contributed by atoms with Crippen LogP contribution in [0, 0.1) is 0 Å². The molecular weight excluding hydrogens is 1010 g/mol. The Labute approximate surface area is 491 Å². The van der Waals surface area contributed by atoms with Crippen LogP contribution in [0.3, 0.4) is 0 Å². The fourth-order valence-corrected chi connectivity index (χ4v) is 15.1. The van der Waals surface area contributed by atoms with Crippen molar-refractivity contribution in [3.8, 4) is 44.5 Å². The Morgan fingerprint density at radius 2 is 0.595 bits per heavy atom. The van der Waals surface area contributed by atoms with E-state index < -0.39 is 10.8 Å². The van der Waals surface area contributed by atoms with Crippen molar-refractivity contribution in [1.82, 2.24) is 0 Å². The van der Waals surface area contributed by atoms with E-state index in [9.17, 15) is 0 Å². The van der Waals surface area contributed by atoms with Gasteiger partial charge in [0.25, 0.3) is 0 Å². The molecule has 0 spiro atoms. The molecular formula is C82H58N2. The van der Waals surface area contributed by atoms with Crippen LogP contribution in [-0.4, -0.2) is 14.1 Å². The second-order valence-electron chi connectivity index (χ2n) is 22.7. The molecule has 396 valence electrons. The SMILES string of the molecule is CN1c2ccccc2C(c2ccccc2)(c2ccccc2)c2cccc(-c3cccc4c(-c5cc(-c6ccccc6)c6ccccc6c5)c5cccc(-c6cccc7c6N(C)c6ccccc6C7(c6ccccc6)c6ccccc6)c5cc34)c21. The summed E-state index contributed by atoms with van der Waals surface area (Å²) in [5, 5.41) is 7.23. The molecule has 0 amide bonds. The van der Waals surface area contributed by atoms with Crippen LogP contribution in [0.2, 0.25) is 0 Å². The lowest BCUT2D eigenvalue weighted by atomic mass is 9.62. The molecule has 2 heterocycles. The van der Waals surface area contributed by atoms with Crippen LogP contribution in [0.1, 0.15) is 44.5 Å². The zero-order valence-electron chi connectivity index (χ0n) is 46.9. The Kier molecular flexibility index (Phi) is 11.5. The molecule has 2 aliphatic rings. The molecule has 0 saturated carbocycles. The zero-order valence-corrected chi connectivity index (χ0v) is 46.9. The van der Waals surface area contributed by atoms with Crippen molar-refractivity contribution in [3.63, 3.8) is 0 Å². The Morgan fingerprint density at radius 3 is 1.06 bits per heavy atom. The summed E-state index contributed by atoms with van der Waals surface area (Å²) in [6, 6.07) is 118. The minimum absolute atomic E-state index is 0.614. The highest BCUT2D eigenvalue weighted by molar-refractivity contribution is 6.21. The summed E-state index contributed by atoms with van der Waals surface area (Å²) in [6.45, 7) is 0. The Bertz CT molecular complexity index is 4530. The summed E-state index contributed by atoms with van der Waals surface area (Å²) in [5.74, 6) is 0. The van der Waals surface area contributed by atoms with Gasteiger partial charge in [0.05, 0.1) is 22.2 Å². The van der Waals surface area contributed by atoms with Gasteiger partial charge in [-0.25, -0.2) is 0 Å². The van der Waals surface area contributed by atoms with Crippen molar-refractivity contribution in [2.75, 3.05) is 23.9 Å². The maximum absolute atomic E-state index is 2.54. The van der Waals surface area contributed by atoms with E-state index in [2.05, 4.69) is 339 Å². The molecule has 2 aliphatic heterocycles. The Balaban J connectivity index is 1.03. The van der Waals surface area contributed by atoms with Crippen LogP contribution in [0.25, 0.3) is 76.8 Å². The molecule has 0 saturated heterocycles. The molecule has 2 nitrogen and oxygen atoms in total. The third kappa shape index (κ3) is 7.17. The number of rotatable bonds is 8. The van der Waals surface area contributed by atoms with Gasteiger partial charge in [-0.3, -0.25) is 0 Å². The topological polar surface area (TPSA) is 6.48 Å². The second kappa shape index (κ2) is 19.6. The Hall–Kier alpha value is -10.5. The summed E-state index contributed by atoms with van der Waals surface area (Å²) in [7, 11) is 4.53. The number of hydrogen-bond donors (Lipinski definition) is 0. The highest BCUT2D eigenvalue weighted by Gasteiger charge is 2.48. The lowest BCUT2D eigenvalue weighted by molar-refractivity contribution is 0.728. The van der Waals surface area contributed by atoms with E-state index in [1.165, 1.54) is 144 Å². The minimum atomic E-state index is -0.614. The first-order valence-electron chi connectivity index (χ1n) is 29.3. The standard InChI is InChI=1S/C82H58N2/c1-83-76-50-22-20-46-72(76)81(58-31-10-4-11-32-58,59-33-12-5-13-34-59)74-48-26-44-67(79(74)83)63-40-24-42-65-70(63)54-71-64(41-25-43-66(71)78(65)57-52-56-30-18-19-39-62(56)69(53-57)55-28-8-3-9-29-55)68-45-27-49-75-80(68)84(2)77-51-23-21-47-73(77)82(75,60-35-14-6-15-36-60)61-37-16-7-17-38-61/h3-54H,1-2H3. The molecule has 16 rings (SSSR count). The van der Waals surface area contributed by atoms with E-state index in [0.29, 0.717) is 0 Å². The largest absolute Gasteiger partial charge is 0.344 e. The fraction of sp³-hybridized carbons (Fsp3) is 0.0488. The van der Waals surface area contributed by atoms with Gasteiger partial charge in [0.15, 0.2) is 0 Å². The van der Waals surface area contributed by atoms with Crippen molar-refractivity contribution in [3.05, 3.63) is 360 Å². The molecule has 14 aromatic rings. The smallest absolute Gasteiger partial charge is 0.0742 e. The van der Waals surface area contributed by atoms with Crippen molar-refractivity contribution in [1.29, 1.82) is 0 Å². The molecule has 84 heavy (non-hydrogen) atoms. The summed E-state index contributed by atoms with van der Waals surface area (Å²) in [4.78, 5) is 4.92. The van der Waals surface area contributed by atoms with Crippen molar-refractivity contribution in [2.45, 2.75) is 10.8 Å². The molecule has 0 fully saturated rings. The summed E-state index contributed by atoms with van der Waals surface area (Å²) in [5.41, 5.74) is 23.0. The average Bonchev–Trinajstić information content (AvgIpc) is 2.28. The molecule has 2 heteroatoms. The molecule has 0 bridgehead atoms. The molecule has 0 aliphatic carbocycles. The van der Waals surface area contributed by atoms with Crippen molar-refractivity contribution < 1.29 is 0 Å². The van der Waals surface area contributed by atoms with Crippen LogP contribution in [0.4, 0.5) is 22.7 Å². The molecule has 0 unspecified atom stereocenters. The van der Waals surface area contributed by atoms with Gasteiger partial charge in [-0.1, -0.05) is 285 Å². The van der Waals surface area contributed by atoms with Crippen molar-refractivity contribution in [2.24, 2.45) is 0 Å². The van der Waals surface area contributed by atoms with Crippen LogP contribution in [0.15, 0.2) is 315 Å². The maximum atomic E-state index is 2.54. The van der Waals surface area contributed by atoms with Crippen molar-refractivity contribution >= 4 is 55.1 Å². The number of benzene rings is 14. The van der Waals surface area contributed by atoms with Crippen LogP contribution < -0.4 is 9.80 Å². The second-order valence-corrected chi connectivity index (χ2v) is 22.7. The molecule has 0 N–H and O–H groups in total. The summed E-state index contributed by atoms with van der Waals surface area (Å²) >= 11 is 0. The number of fused-ring (bicyclic) bond motifs is 7. The predicted molar refractivity (Wildman–Crippen MR) is 353 cm³/mol.